The second-order valence-electron chi connectivity index (χ2n) is 5.95. The molecule has 1 aromatic heterocycles. The van der Waals surface area contributed by atoms with Gasteiger partial charge in [0.1, 0.15) is 11.6 Å². The number of benzene rings is 1. The molecule has 1 saturated heterocycles. The Bertz CT molecular complexity index is 676. The maximum absolute atomic E-state index is 9.69. The summed E-state index contributed by atoms with van der Waals surface area (Å²) in [6.45, 7) is 0.815. The molecule has 1 saturated carbocycles. The lowest BCUT2D eigenvalue weighted by molar-refractivity contribution is -0.104. The van der Waals surface area contributed by atoms with E-state index in [-0.39, 0.29) is 23.9 Å². The van der Waals surface area contributed by atoms with Crippen molar-refractivity contribution >= 4 is 16.6 Å². The minimum absolute atomic E-state index is 0.0933. The molecule has 4 rings (SSSR count). The van der Waals surface area contributed by atoms with Gasteiger partial charge in [-0.05, 0) is 36.4 Å². The minimum Gasteiger partial charge on any atom is -0.508 e. The second-order valence-corrected chi connectivity index (χ2v) is 5.95. The number of aromatic nitrogens is 1. The van der Waals surface area contributed by atoms with E-state index in [1.165, 1.54) is 0 Å². The van der Waals surface area contributed by atoms with Crippen LogP contribution in [0.15, 0.2) is 30.5 Å². The predicted molar refractivity (Wildman–Crippen MR) is 81.3 cm³/mol. The topological polar surface area (TPSA) is 80.4 Å². The monoisotopic (exact) mass is 285 g/mol. The van der Waals surface area contributed by atoms with E-state index in [1.54, 1.807) is 18.3 Å². The number of fused-ring (bicyclic) bond motifs is 2. The van der Waals surface area contributed by atoms with Crippen LogP contribution < -0.4 is 11.1 Å². The molecule has 5 nitrogen and oxygen atoms in total. The Morgan fingerprint density at radius 3 is 3.14 bits per heavy atom. The quantitative estimate of drug-likeness (QED) is 0.784. The zero-order chi connectivity index (χ0) is 14.4. The lowest BCUT2D eigenvalue weighted by atomic mass is 9.68. The number of hydrogen-bond donors (Lipinski definition) is 3. The lowest BCUT2D eigenvalue weighted by Gasteiger charge is -2.52. The molecule has 1 aliphatic heterocycles. The summed E-state index contributed by atoms with van der Waals surface area (Å²) in [6.07, 6.45) is 4.20. The SMILES string of the molecule is NC1C2CCCOC2C1Nc1nccc2ccc(O)cc12. The fourth-order valence-electron chi connectivity index (χ4n) is 3.56. The molecule has 0 amide bonds. The third-order valence-electron chi connectivity index (χ3n) is 4.73. The van der Waals surface area contributed by atoms with Crippen LogP contribution in [0.4, 0.5) is 5.82 Å². The van der Waals surface area contributed by atoms with Gasteiger partial charge >= 0.3 is 0 Å². The molecule has 4 N–H and O–H groups in total. The van der Waals surface area contributed by atoms with Gasteiger partial charge in [-0.25, -0.2) is 4.98 Å². The summed E-state index contributed by atoms with van der Waals surface area (Å²) in [5, 5.41) is 15.1. The fraction of sp³-hybridized carbons (Fsp3) is 0.438. The van der Waals surface area contributed by atoms with E-state index in [4.69, 9.17) is 10.5 Å². The summed E-state index contributed by atoms with van der Waals surface area (Å²) < 4.78 is 5.85. The third-order valence-corrected chi connectivity index (χ3v) is 4.73. The van der Waals surface area contributed by atoms with Crippen molar-refractivity contribution in [3.05, 3.63) is 30.5 Å². The number of hydrogen-bond acceptors (Lipinski definition) is 5. The number of phenolic OH excluding ortho intramolecular Hbond substituents is 1. The van der Waals surface area contributed by atoms with Crippen LogP contribution in [0.1, 0.15) is 12.8 Å². The number of ether oxygens (including phenoxy) is 1. The van der Waals surface area contributed by atoms with Crippen molar-refractivity contribution in [2.45, 2.75) is 31.0 Å². The van der Waals surface area contributed by atoms with Gasteiger partial charge in [0.05, 0.1) is 12.1 Å². The number of rotatable bonds is 2. The first-order valence-electron chi connectivity index (χ1n) is 7.45. The van der Waals surface area contributed by atoms with Crippen LogP contribution >= 0.6 is 0 Å². The highest BCUT2D eigenvalue weighted by Gasteiger charge is 2.50. The van der Waals surface area contributed by atoms with E-state index < -0.39 is 0 Å². The van der Waals surface area contributed by atoms with Crippen LogP contribution in [-0.2, 0) is 4.74 Å². The van der Waals surface area contributed by atoms with Crippen molar-refractivity contribution in [3.63, 3.8) is 0 Å². The number of aromatic hydroxyl groups is 1. The van der Waals surface area contributed by atoms with E-state index in [9.17, 15) is 5.11 Å². The lowest BCUT2D eigenvalue weighted by Crippen LogP contribution is -2.69. The van der Waals surface area contributed by atoms with Crippen molar-refractivity contribution in [2.75, 3.05) is 11.9 Å². The van der Waals surface area contributed by atoms with E-state index in [1.807, 2.05) is 12.1 Å². The summed E-state index contributed by atoms with van der Waals surface area (Å²) in [6, 6.07) is 7.43. The van der Waals surface area contributed by atoms with Crippen LogP contribution in [0.2, 0.25) is 0 Å². The molecule has 2 aliphatic rings. The van der Waals surface area contributed by atoms with Crippen molar-refractivity contribution < 1.29 is 9.84 Å². The van der Waals surface area contributed by atoms with Crippen LogP contribution in [0, 0.1) is 5.92 Å². The Morgan fingerprint density at radius 2 is 2.24 bits per heavy atom. The van der Waals surface area contributed by atoms with E-state index >= 15 is 0 Å². The van der Waals surface area contributed by atoms with Gasteiger partial charge in [0.25, 0.3) is 0 Å². The molecule has 5 heteroatoms. The normalized spacial score (nSPS) is 31.5. The molecule has 21 heavy (non-hydrogen) atoms. The summed E-state index contributed by atoms with van der Waals surface area (Å²) in [7, 11) is 0. The molecule has 2 fully saturated rings. The molecular formula is C16H19N3O2. The number of nitrogens with two attached hydrogens (primary N) is 1. The zero-order valence-corrected chi connectivity index (χ0v) is 11.7. The minimum atomic E-state index is 0.0933. The van der Waals surface area contributed by atoms with Crippen molar-refractivity contribution in [3.8, 4) is 5.75 Å². The smallest absolute Gasteiger partial charge is 0.134 e. The summed E-state index contributed by atoms with van der Waals surface area (Å²) in [4.78, 5) is 4.41. The van der Waals surface area contributed by atoms with Crippen molar-refractivity contribution in [1.82, 2.24) is 4.98 Å². The molecule has 4 atom stereocenters. The molecule has 0 spiro atoms. The molecule has 1 aliphatic carbocycles. The predicted octanol–water partition coefficient (Wildman–Crippen LogP) is 1.86. The number of nitrogens with zero attached hydrogens (tertiary/aromatic N) is 1. The van der Waals surface area contributed by atoms with Crippen molar-refractivity contribution in [1.29, 1.82) is 0 Å². The maximum atomic E-state index is 9.69. The molecule has 4 unspecified atom stereocenters. The Labute approximate surface area is 123 Å². The average Bonchev–Trinajstić information content (AvgIpc) is 2.52. The van der Waals surface area contributed by atoms with Gasteiger partial charge in [-0.15, -0.1) is 0 Å². The van der Waals surface area contributed by atoms with Crippen molar-refractivity contribution in [2.24, 2.45) is 11.7 Å². The number of nitrogens with one attached hydrogen (secondary N) is 1. The van der Waals surface area contributed by atoms with E-state index in [0.717, 1.165) is 36.0 Å². The van der Waals surface area contributed by atoms with Gasteiger partial charge in [0.2, 0.25) is 0 Å². The highest BCUT2D eigenvalue weighted by Crippen LogP contribution is 2.39. The summed E-state index contributed by atoms with van der Waals surface area (Å²) in [5.41, 5.74) is 6.28. The highest BCUT2D eigenvalue weighted by molar-refractivity contribution is 5.92. The molecule has 0 radical (unpaired) electrons. The van der Waals surface area contributed by atoms with Gasteiger partial charge in [-0.2, -0.15) is 0 Å². The van der Waals surface area contributed by atoms with E-state index in [0.29, 0.717) is 5.92 Å². The number of anilines is 1. The Kier molecular flexibility index (Phi) is 2.97. The molecule has 2 aromatic rings. The maximum Gasteiger partial charge on any atom is 0.134 e. The average molecular weight is 285 g/mol. The van der Waals surface area contributed by atoms with Gasteiger partial charge < -0.3 is 20.9 Å². The van der Waals surface area contributed by atoms with Gasteiger partial charge in [-0.3, -0.25) is 0 Å². The number of phenols is 1. The summed E-state index contributed by atoms with van der Waals surface area (Å²) >= 11 is 0. The molecular weight excluding hydrogens is 266 g/mol. The van der Waals surface area contributed by atoms with Crippen LogP contribution in [0.5, 0.6) is 5.75 Å². The van der Waals surface area contributed by atoms with Gasteiger partial charge in [0, 0.05) is 30.1 Å². The molecule has 110 valence electrons. The Hall–Kier alpha value is -1.85. The van der Waals surface area contributed by atoms with Gasteiger partial charge in [0.15, 0.2) is 0 Å². The zero-order valence-electron chi connectivity index (χ0n) is 11.7. The first-order chi connectivity index (χ1) is 10.2. The molecule has 0 bridgehead atoms. The first kappa shape index (κ1) is 12.9. The molecule has 1 aromatic carbocycles. The first-order valence-corrected chi connectivity index (χ1v) is 7.45. The third kappa shape index (κ3) is 2.04. The van der Waals surface area contributed by atoms with E-state index in [2.05, 4.69) is 10.3 Å². The fourth-order valence-corrected chi connectivity index (χ4v) is 3.56. The number of pyridine rings is 1. The largest absolute Gasteiger partial charge is 0.508 e. The highest BCUT2D eigenvalue weighted by atomic mass is 16.5. The standard InChI is InChI=1S/C16H19N3O2/c17-13-11-2-1-7-21-15(11)14(13)19-16-12-8-10(20)4-3-9(12)5-6-18-16/h3-6,8,11,13-15,20H,1-2,7,17H2,(H,18,19). The Morgan fingerprint density at radius 1 is 1.33 bits per heavy atom. The van der Waals surface area contributed by atoms with Crippen LogP contribution in [0.25, 0.3) is 10.8 Å². The van der Waals surface area contributed by atoms with Crippen LogP contribution in [0.3, 0.4) is 0 Å². The van der Waals surface area contributed by atoms with Gasteiger partial charge in [-0.1, -0.05) is 6.07 Å². The molecule has 2 heterocycles. The summed E-state index contributed by atoms with van der Waals surface area (Å²) in [5.74, 6) is 1.46. The van der Waals surface area contributed by atoms with Crippen LogP contribution in [-0.4, -0.2) is 34.9 Å². The Balaban J connectivity index is 1.64. The second kappa shape index (κ2) is 4.86.